The first-order valence-electron chi connectivity index (χ1n) is 9.67. The smallest absolute Gasteiger partial charge is 0.248 e. The highest BCUT2D eigenvalue weighted by Crippen LogP contribution is 2.25. The molecule has 3 rings (SSSR count). The van der Waals surface area contributed by atoms with E-state index in [1.165, 1.54) is 6.08 Å². The Balaban J connectivity index is 1.65. The number of piperidine rings is 1. The minimum Gasteiger partial charge on any atom is -0.497 e. The summed E-state index contributed by atoms with van der Waals surface area (Å²) < 4.78 is 10.5. The van der Waals surface area contributed by atoms with Crippen molar-refractivity contribution in [2.24, 2.45) is 0 Å². The quantitative estimate of drug-likeness (QED) is 0.724. The van der Waals surface area contributed by atoms with Gasteiger partial charge in [-0.1, -0.05) is 12.1 Å². The molecule has 1 heterocycles. The Morgan fingerprint density at radius 3 is 2.76 bits per heavy atom. The van der Waals surface area contributed by atoms with Crippen LogP contribution in [0.3, 0.4) is 0 Å². The SMILES string of the molecule is COc1ccc(OC)c(/C=C/C(=O)Nc2cccc(CN3CCCCC3=O)c2)c1. The molecule has 0 radical (unpaired) electrons. The average molecular weight is 394 g/mol. The molecule has 29 heavy (non-hydrogen) atoms. The van der Waals surface area contributed by atoms with Gasteiger partial charge in [0.2, 0.25) is 11.8 Å². The average Bonchev–Trinajstić information content (AvgIpc) is 2.74. The van der Waals surface area contributed by atoms with Crippen LogP contribution in [0.2, 0.25) is 0 Å². The van der Waals surface area contributed by atoms with E-state index in [0.717, 1.165) is 30.5 Å². The first-order valence-corrected chi connectivity index (χ1v) is 9.67. The molecule has 1 aliphatic heterocycles. The molecule has 0 atom stereocenters. The Morgan fingerprint density at radius 2 is 2.00 bits per heavy atom. The zero-order chi connectivity index (χ0) is 20.6. The fourth-order valence-corrected chi connectivity index (χ4v) is 3.32. The van der Waals surface area contributed by atoms with Crippen molar-refractivity contribution in [3.8, 4) is 11.5 Å². The van der Waals surface area contributed by atoms with Crippen molar-refractivity contribution in [3.05, 3.63) is 59.7 Å². The molecule has 0 saturated carbocycles. The van der Waals surface area contributed by atoms with Gasteiger partial charge in [-0.15, -0.1) is 0 Å². The van der Waals surface area contributed by atoms with Gasteiger partial charge in [0.15, 0.2) is 0 Å². The lowest BCUT2D eigenvalue weighted by molar-refractivity contribution is -0.133. The lowest BCUT2D eigenvalue weighted by Gasteiger charge is -2.26. The third kappa shape index (κ3) is 5.60. The number of carbonyl (C=O) groups is 2. The standard InChI is InChI=1S/C23H26N2O4/c1-28-20-10-11-21(29-2)18(15-20)9-12-22(26)24-19-7-5-6-17(14-19)16-25-13-4-3-8-23(25)27/h5-7,9-12,14-15H,3-4,8,13,16H2,1-2H3,(H,24,26)/b12-9+. The van der Waals surface area contributed by atoms with E-state index in [-0.39, 0.29) is 11.8 Å². The van der Waals surface area contributed by atoms with Gasteiger partial charge in [-0.25, -0.2) is 0 Å². The molecule has 1 fully saturated rings. The summed E-state index contributed by atoms with van der Waals surface area (Å²) in [5, 5.41) is 2.87. The summed E-state index contributed by atoms with van der Waals surface area (Å²) in [5.41, 5.74) is 2.44. The van der Waals surface area contributed by atoms with Crippen molar-refractivity contribution in [2.75, 3.05) is 26.1 Å². The van der Waals surface area contributed by atoms with E-state index in [1.54, 1.807) is 38.5 Å². The van der Waals surface area contributed by atoms with Crippen molar-refractivity contribution >= 4 is 23.6 Å². The van der Waals surface area contributed by atoms with Crippen LogP contribution >= 0.6 is 0 Å². The second-order valence-electron chi connectivity index (χ2n) is 6.90. The summed E-state index contributed by atoms with van der Waals surface area (Å²) in [4.78, 5) is 26.2. The van der Waals surface area contributed by atoms with Crippen LogP contribution in [0.4, 0.5) is 5.69 Å². The molecule has 6 heteroatoms. The van der Waals surface area contributed by atoms with E-state index in [0.29, 0.717) is 30.2 Å². The maximum Gasteiger partial charge on any atom is 0.248 e. The molecule has 1 aliphatic rings. The molecule has 0 unspecified atom stereocenters. The first-order chi connectivity index (χ1) is 14.1. The largest absolute Gasteiger partial charge is 0.497 e. The topological polar surface area (TPSA) is 67.9 Å². The Kier molecular flexibility index (Phi) is 6.89. The lowest BCUT2D eigenvalue weighted by atomic mass is 10.1. The summed E-state index contributed by atoms with van der Waals surface area (Å²) in [6.07, 6.45) is 5.77. The molecule has 0 aliphatic carbocycles. The Labute approximate surface area is 171 Å². The summed E-state index contributed by atoms with van der Waals surface area (Å²) >= 11 is 0. The second kappa shape index (κ2) is 9.78. The van der Waals surface area contributed by atoms with Gasteiger partial charge in [-0.05, 0) is 54.8 Å². The number of carbonyl (C=O) groups excluding carboxylic acids is 2. The number of hydrogen-bond acceptors (Lipinski definition) is 4. The Bertz CT molecular complexity index is 908. The van der Waals surface area contributed by atoms with Crippen molar-refractivity contribution in [1.82, 2.24) is 4.90 Å². The van der Waals surface area contributed by atoms with E-state index in [9.17, 15) is 9.59 Å². The highest BCUT2D eigenvalue weighted by Gasteiger charge is 2.18. The van der Waals surface area contributed by atoms with Gasteiger partial charge in [-0.3, -0.25) is 9.59 Å². The number of likely N-dealkylation sites (tertiary alicyclic amines) is 1. The van der Waals surface area contributed by atoms with E-state index in [1.807, 2.05) is 29.2 Å². The highest BCUT2D eigenvalue weighted by molar-refractivity contribution is 6.02. The van der Waals surface area contributed by atoms with Crippen molar-refractivity contribution in [2.45, 2.75) is 25.8 Å². The van der Waals surface area contributed by atoms with Gasteiger partial charge < -0.3 is 19.7 Å². The molecule has 0 spiro atoms. The van der Waals surface area contributed by atoms with Crippen molar-refractivity contribution < 1.29 is 19.1 Å². The first kappa shape index (κ1) is 20.5. The zero-order valence-electron chi connectivity index (χ0n) is 16.8. The van der Waals surface area contributed by atoms with Crippen LogP contribution in [0.1, 0.15) is 30.4 Å². The number of amides is 2. The van der Waals surface area contributed by atoms with Crippen LogP contribution in [-0.4, -0.2) is 37.5 Å². The molecule has 2 amide bonds. The number of rotatable bonds is 7. The molecule has 6 nitrogen and oxygen atoms in total. The second-order valence-corrected chi connectivity index (χ2v) is 6.90. The normalized spacial score (nSPS) is 14.1. The number of ether oxygens (including phenoxy) is 2. The third-order valence-electron chi connectivity index (χ3n) is 4.84. The summed E-state index contributed by atoms with van der Waals surface area (Å²) in [7, 11) is 3.17. The van der Waals surface area contributed by atoms with Gasteiger partial charge in [0.05, 0.1) is 14.2 Å². The maximum absolute atomic E-state index is 12.4. The number of nitrogens with zero attached hydrogens (tertiary/aromatic N) is 1. The minimum atomic E-state index is -0.249. The van der Waals surface area contributed by atoms with Gasteiger partial charge >= 0.3 is 0 Å². The molecule has 2 aromatic rings. The predicted molar refractivity (Wildman–Crippen MR) is 113 cm³/mol. The van der Waals surface area contributed by atoms with E-state index >= 15 is 0 Å². The third-order valence-corrected chi connectivity index (χ3v) is 4.84. The van der Waals surface area contributed by atoms with E-state index in [4.69, 9.17) is 9.47 Å². The summed E-state index contributed by atoms with van der Waals surface area (Å²) in [6, 6.07) is 13.0. The monoisotopic (exact) mass is 394 g/mol. The van der Waals surface area contributed by atoms with Crippen LogP contribution in [0.5, 0.6) is 11.5 Å². The van der Waals surface area contributed by atoms with Gasteiger partial charge in [0, 0.05) is 36.8 Å². The van der Waals surface area contributed by atoms with Crippen molar-refractivity contribution in [1.29, 1.82) is 0 Å². The van der Waals surface area contributed by atoms with Gasteiger partial charge in [0.1, 0.15) is 11.5 Å². The highest BCUT2D eigenvalue weighted by atomic mass is 16.5. The fraction of sp³-hybridized carbons (Fsp3) is 0.304. The number of nitrogens with one attached hydrogen (secondary N) is 1. The van der Waals surface area contributed by atoms with Gasteiger partial charge in [0.25, 0.3) is 0 Å². The molecule has 0 aromatic heterocycles. The van der Waals surface area contributed by atoms with Crippen LogP contribution < -0.4 is 14.8 Å². The summed E-state index contributed by atoms with van der Waals surface area (Å²) in [5.74, 6) is 1.29. The summed E-state index contributed by atoms with van der Waals surface area (Å²) in [6.45, 7) is 1.36. The lowest BCUT2D eigenvalue weighted by Crippen LogP contribution is -2.34. The molecular formula is C23H26N2O4. The van der Waals surface area contributed by atoms with Crippen molar-refractivity contribution in [3.63, 3.8) is 0 Å². The minimum absolute atomic E-state index is 0.195. The number of hydrogen-bond donors (Lipinski definition) is 1. The molecule has 1 saturated heterocycles. The maximum atomic E-state index is 12.4. The molecule has 152 valence electrons. The van der Waals surface area contributed by atoms with Crippen LogP contribution in [-0.2, 0) is 16.1 Å². The number of benzene rings is 2. The zero-order valence-corrected chi connectivity index (χ0v) is 16.8. The Morgan fingerprint density at radius 1 is 1.14 bits per heavy atom. The fourth-order valence-electron chi connectivity index (χ4n) is 3.32. The number of methoxy groups -OCH3 is 2. The van der Waals surface area contributed by atoms with Crippen LogP contribution in [0.15, 0.2) is 48.5 Å². The molecule has 0 bridgehead atoms. The Hall–Kier alpha value is -3.28. The van der Waals surface area contributed by atoms with Crippen LogP contribution in [0, 0.1) is 0 Å². The van der Waals surface area contributed by atoms with E-state index < -0.39 is 0 Å². The molecular weight excluding hydrogens is 368 g/mol. The predicted octanol–water partition coefficient (Wildman–Crippen LogP) is 3.87. The van der Waals surface area contributed by atoms with Gasteiger partial charge in [-0.2, -0.15) is 0 Å². The number of anilines is 1. The molecule has 1 N–H and O–H groups in total. The van der Waals surface area contributed by atoms with E-state index in [2.05, 4.69) is 5.32 Å². The van der Waals surface area contributed by atoms with Crippen LogP contribution in [0.25, 0.3) is 6.08 Å². The molecule has 2 aromatic carbocycles.